The van der Waals surface area contributed by atoms with Crippen LogP contribution in [0.1, 0.15) is 79.1 Å². The van der Waals surface area contributed by atoms with Gasteiger partial charge in [-0.15, -0.1) is 0 Å². The zero-order valence-electron chi connectivity index (χ0n) is 16.8. The molecule has 164 valence electrons. The maximum atomic E-state index is 10.9. The van der Waals surface area contributed by atoms with Crippen LogP contribution in [-0.4, -0.2) is 0 Å². The molecule has 0 aliphatic carbocycles. The van der Waals surface area contributed by atoms with Crippen LogP contribution >= 0.6 is 11.4 Å². The first-order valence-electron chi connectivity index (χ1n) is 8.92. The molecule has 2 unspecified atom stereocenters. The summed E-state index contributed by atoms with van der Waals surface area (Å²) in [5.74, 6) is 0. The molecule has 0 aromatic rings. The number of rotatable bonds is 12. The molecule has 0 aromatic heterocycles. The van der Waals surface area contributed by atoms with E-state index in [4.69, 9.17) is 12.4 Å². The summed E-state index contributed by atoms with van der Waals surface area (Å²) in [7, 11) is 0. The van der Waals surface area contributed by atoms with Gasteiger partial charge < -0.3 is 43.3 Å². The third kappa shape index (κ3) is 29.7. The van der Waals surface area contributed by atoms with E-state index in [1.54, 1.807) is 0 Å². The summed E-state index contributed by atoms with van der Waals surface area (Å²) in [4.78, 5) is 21.7. The van der Waals surface area contributed by atoms with Gasteiger partial charge in [-0.25, -0.2) is 0 Å². The average Bonchev–Trinajstić information content (AvgIpc) is 2.62. The van der Waals surface area contributed by atoms with Crippen LogP contribution in [0.2, 0.25) is 0 Å². The summed E-state index contributed by atoms with van der Waals surface area (Å²) in [6, 6.07) is 0. The van der Waals surface area contributed by atoms with E-state index in [-0.39, 0.29) is 0 Å². The molecule has 0 aliphatic heterocycles. The standard InChI is InChI=1S/2C8H17O2PS2.Mo.O/c2*1-3-5-6-8(4-2)7-10-11(9,12)13;;/h2*7H,3-6H2,1-2H3,(H2,9,12,13);;/q;;+4;/p-4. The Hall–Kier alpha value is 1.49. The van der Waals surface area contributed by atoms with Crippen molar-refractivity contribution >= 4 is 59.5 Å². The molecule has 2 atom stereocenters. The van der Waals surface area contributed by atoms with Gasteiger partial charge in [0, 0.05) is 0 Å². The molecule has 0 N–H and O–H groups in total. The summed E-state index contributed by atoms with van der Waals surface area (Å²) in [6.45, 7) is 8.31. The Labute approximate surface area is 203 Å². The number of hydrogen-bond acceptors (Lipinski definition) is 9. The van der Waals surface area contributed by atoms with Gasteiger partial charge in [-0.2, -0.15) is 0 Å². The second-order valence-electron chi connectivity index (χ2n) is 5.57. The minimum absolute atomic E-state index is 0.700. The summed E-state index contributed by atoms with van der Waals surface area (Å²) in [5.41, 5.74) is -4.11. The molecule has 0 spiro atoms. The van der Waals surface area contributed by atoms with Crippen LogP contribution in [-0.2, 0) is 80.3 Å². The van der Waals surface area contributed by atoms with E-state index >= 15 is 0 Å². The predicted molar refractivity (Wildman–Crippen MR) is 122 cm³/mol. The molecule has 0 aromatic carbocycles. The fourth-order valence-electron chi connectivity index (χ4n) is 1.72. The number of unbranched alkanes of at least 4 members (excludes halogenated alkanes) is 2. The van der Waals surface area contributed by atoms with Crippen molar-refractivity contribution in [3.8, 4) is 0 Å². The zero-order valence-corrected chi connectivity index (χ0v) is 23.9. The van der Waals surface area contributed by atoms with E-state index in [1.807, 2.05) is 13.8 Å². The van der Waals surface area contributed by atoms with Crippen molar-refractivity contribution in [3.05, 3.63) is 23.7 Å². The van der Waals surface area contributed by atoms with Crippen molar-refractivity contribution in [2.75, 3.05) is 0 Å². The van der Waals surface area contributed by atoms with Gasteiger partial charge in [0.1, 0.15) is 0 Å². The fraction of sp³-hybridized carbons (Fsp3) is 0.750. The SMILES string of the molecule is CCCCC(=COP([O-])(=S)[S-])CC.CCCCC(=COP([O-])(=S)[S-])CC.[O]=[Mo+4]. The van der Waals surface area contributed by atoms with E-state index < -0.39 is 11.4 Å². The summed E-state index contributed by atoms with van der Waals surface area (Å²) < 4.78 is 17.9. The zero-order chi connectivity index (χ0) is 22.6. The normalized spacial score (nSPS) is 15.8. The van der Waals surface area contributed by atoms with Crippen LogP contribution in [0.3, 0.4) is 0 Å². The molecule has 0 amide bonds. The predicted octanol–water partition coefficient (Wildman–Crippen LogP) is 5.12. The monoisotopic (exact) mass is 590 g/mol. The molecule has 0 heterocycles. The molecular weight excluding hydrogens is 558 g/mol. The Balaban J connectivity index is -0.000000410. The Kier molecular flexibility index (Phi) is 26.4. The van der Waals surface area contributed by atoms with Crippen LogP contribution in [0.15, 0.2) is 23.7 Å². The number of hydrogen-bond donors (Lipinski definition) is 0. The molecule has 0 fully saturated rings. The Morgan fingerprint density at radius 2 is 1.14 bits per heavy atom. The quantitative estimate of drug-likeness (QED) is 0.134. The van der Waals surface area contributed by atoms with Gasteiger partial charge in [-0.1, -0.05) is 75.5 Å². The first-order valence-corrected chi connectivity index (χ1v) is 17.0. The molecule has 28 heavy (non-hydrogen) atoms. The third-order valence-corrected chi connectivity index (χ3v) is 5.07. The van der Waals surface area contributed by atoms with Gasteiger partial charge >= 0.3 is 23.2 Å². The molecule has 0 bridgehead atoms. The molecule has 0 saturated heterocycles. The Bertz CT molecular complexity index is 489. The maximum absolute atomic E-state index is 10.9. The molecule has 0 rings (SSSR count). The average molecular weight is 589 g/mol. The van der Waals surface area contributed by atoms with Crippen LogP contribution < -0.4 is 9.79 Å². The van der Waals surface area contributed by atoms with Gasteiger partial charge in [0.2, 0.25) is 0 Å². The van der Waals surface area contributed by atoms with Crippen LogP contribution in [0.4, 0.5) is 0 Å². The molecule has 0 radical (unpaired) electrons. The van der Waals surface area contributed by atoms with E-state index in [1.165, 1.54) is 12.5 Å². The first-order chi connectivity index (χ1) is 13.0. The van der Waals surface area contributed by atoms with Crippen LogP contribution in [0, 0.1) is 0 Å². The summed E-state index contributed by atoms with van der Waals surface area (Å²) in [5, 5.41) is 0. The van der Waals surface area contributed by atoms with Crippen molar-refractivity contribution in [2.45, 2.75) is 79.1 Å². The van der Waals surface area contributed by atoms with Gasteiger partial charge in [-0.3, -0.25) is 0 Å². The molecule has 5 nitrogen and oxygen atoms in total. The second-order valence-corrected chi connectivity index (χ2v) is 14.9. The van der Waals surface area contributed by atoms with Crippen molar-refractivity contribution in [1.29, 1.82) is 0 Å². The van der Waals surface area contributed by atoms with Gasteiger partial charge in [0.05, 0.1) is 12.5 Å². The van der Waals surface area contributed by atoms with E-state index in [0.717, 1.165) is 62.5 Å². The van der Waals surface area contributed by atoms with E-state index in [0.29, 0.717) is 19.8 Å². The van der Waals surface area contributed by atoms with Crippen molar-refractivity contribution in [3.63, 3.8) is 0 Å². The molecular formula is C16H30MoO5P2S4. The topological polar surface area (TPSA) is 81.7 Å². The molecule has 12 heteroatoms. The molecule has 0 aliphatic rings. The third-order valence-electron chi connectivity index (χ3n) is 3.31. The fourth-order valence-corrected chi connectivity index (χ4v) is 2.80. The Morgan fingerprint density at radius 1 is 0.857 bits per heavy atom. The molecule has 0 saturated carbocycles. The minimum atomic E-state index is -3.17. The second kappa shape index (κ2) is 21.7. The van der Waals surface area contributed by atoms with E-state index in [2.05, 4.69) is 62.0 Å². The number of allylic oxidation sites excluding steroid dienone is 2. The van der Waals surface area contributed by atoms with Gasteiger partial charge in [0.15, 0.2) is 0 Å². The van der Waals surface area contributed by atoms with Gasteiger partial charge in [-0.05, 0) is 49.7 Å². The van der Waals surface area contributed by atoms with Crippen LogP contribution in [0.25, 0.3) is 0 Å². The Morgan fingerprint density at radius 3 is 1.32 bits per heavy atom. The summed E-state index contributed by atoms with van der Waals surface area (Å²) in [6.07, 6.45) is 11.2. The van der Waals surface area contributed by atoms with Gasteiger partial charge in [0.25, 0.3) is 0 Å². The van der Waals surface area contributed by atoms with Crippen molar-refractivity contribution in [2.24, 2.45) is 0 Å². The summed E-state index contributed by atoms with van der Waals surface area (Å²) >= 11 is 18.6. The van der Waals surface area contributed by atoms with Crippen molar-refractivity contribution in [1.82, 2.24) is 0 Å². The first kappa shape index (κ1) is 34.1. The van der Waals surface area contributed by atoms with Crippen LogP contribution in [0.5, 0.6) is 0 Å². The van der Waals surface area contributed by atoms with Crippen molar-refractivity contribution < 1.29 is 42.0 Å². The van der Waals surface area contributed by atoms with E-state index in [9.17, 15) is 9.79 Å².